The van der Waals surface area contributed by atoms with E-state index >= 15 is 0 Å². The highest BCUT2D eigenvalue weighted by Gasteiger charge is 1.97. The molecule has 0 atom stereocenters. The Balaban J connectivity index is 2.36. The molecule has 2 rings (SSSR count). The molecule has 0 saturated heterocycles. The molecule has 2 aromatic rings. The van der Waals surface area contributed by atoms with Gasteiger partial charge in [0.1, 0.15) is 0 Å². The molecule has 0 aromatic heterocycles. The summed E-state index contributed by atoms with van der Waals surface area (Å²) in [5.74, 6) is 0. The molecule has 4 N–H and O–H groups in total. The predicted octanol–water partition coefficient (Wildman–Crippen LogP) is 2.73. The maximum Gasteiger partial charge on any atom is 0.0394 e. The Labute approximate surface area is 95.2 Å². The summed E-state index contributed by atoms with van der Waals surface area (Å²) in [5, 5.41) is 0. The van der Waals surface area contributed by atoms with E-state index in [1.54, 1.807) is 0 Å². The van der Waals surface area contributed by atoms with Gasteiger partial charge in [0.2, 0.25) is 0 Å². The molecule has 0 saturated carbocycles. The van der Waals surface area contributed by atoms with E-state index in [9.17, 15) is 0 Å². The van der Waals surface area contributed by atoms with Gasteiger partial charge >= 0.3 is 0 Å². The van der Waals surface area contributed by atoms with Crippen LogP contribution in [0.5, 0.6) is 0 Å². The fraction of sp³-hybridized carbons (Fsp3) is 0. The molecule has 0 aliphatic carbocycles. The molecule has 2 nitrogen and oxygen atoms in total. The Kier molecular flexibility index (Phi) is 2.92. The Hall–Kier alpha value is -2.22. The van der Waals surface area contributed by atoms with Crippen LogP contribution >= 0.6 is 0 Å². The van der Waals surface area contributed by atoms with Gasteiger partial charge in [-0.25, -0.2) is 0 Å². The highest BCUT2D eigenvalue weighted by atomic mass is 14.6. The third-order valence-corrected chi connectivity index (χ3v) is 2.41. The van der Waals surface area contributed by atoms with Gasteiger partial charge in [-0.2, -0.15) is 0 Å². The SMILES string of the molecule is N/C(=C\c1ccccc1N)c1ccccc1. The van der Waals surface area contributed by atoms with E-state index in [0.717, 1.165) is 22.5 Å². The molecule has 0 fully saturated rings. The van der Waals surface area contributed by atoms with Crippen LogP contribution in [0.1, 0.15) is 11.1 Å². The summed E-state index contributed by atoms with van der Waals surface area (Å²) >= 11 is 0. The van der Waals surface area contributed by atoms with Gasteiger partial charge in [-0.3, -0.25) is 0 Å². The first-order chi connectivity index (χ1) is 7.77. The molecular formula is C14H14N2. The van der Waals surface area contributed by atoms with Gasteiger partial charge in [0, 0.05) is 11.4 Å². The Morgan fingerprint density at radius 3 is 2.19 bits per heavy atom. The van der Waals surface area contributed by atoms with Gasteiger partial charge in [0.15, 0.2) is 0 Å². The number of para-hydroxylation sites is 1. The van der Waals surface area contributed by atoms with Gasteiger partial charge in [-0.1, -0.05) is 48.5 Å². The lowest BCUT2D eigenvalue weighted by Crippen LogP contribution is -1.97. The van der Waals surface area contributed by atoms with Crippen LogP contribution in [-0.4, -0.2) is 0 Å². The molecule has 2 heteroatoms. The van der Waals surface area contributed by atoms with Crippen molar-refractivity contribution in [2.24, 2.45) is 5.73 Å². The molecule has 0 spiro atoms. The summed E-state index contributed by atoms with van der Waals surface area (Å²) in [7, 11) is 0. The van der Waals surface area contributed by atoms with Gasteiger partial charge in [0.05, 0.1) is 0 Å². The van der Waals surface area contributed by atoms with E-state index in [4.69, 9.17) is 11.5 Å². The lowest BCUT2D eigenvalue weighted by atomic mass is 10.1. The molecule has 0 aliphatic rings. The van der Waals surface area contributed by atoms with Crippen LogP contribution < -0.4 is 11.5 Å². The average molecular weight is 210 g/mol. The minimum atomic E-state index is 0.721. The van der Waals surface area contributed by atoms with Crippen molar-refractivity contribution in [3.63, 3.8) is 0 Å². The van der Waals surface area contributed by atoms with Gasteiger partial charge in [0.25, 0.3) is 0 Å². The highest BCUT2D eigenvalue weighted by Crippen LogP contribution is 2.17. The number of anilines is 1. The van der Waals surface area contributed by atoms with E-state index in [2.05, 4.69) is 0 Å². The summed E-state index contributed by atoms with van der Waals surface area (Å²) in [6.07, 6.45) is 1.89. The van der Waals surface area contributed by atoms with Crippen molar-refractivity contribution in [2.75, 3.05) is 5.73 Å². The molecule has 0 unspecified atom stereocenters. The minimum Gasteiger partial charge on any atom is -0.398 e. The summed E-state index contributed by atoms with van der Waals surface area (Å²) in [6, 6.07) is 17.5. The molecule has 0 radical (unpaired) electrons. The monoisotopic (exact) mass is 210 g/mol. The quantitative estimate of drug-likeness (QED) is 0.591. The van der Waals surface area contributed by atoms with Crippen molar-refractivity contribution in [1.82, 2.24) is 0 Å². The molecule has 0 amide bonds. The number of hydrogen-bond donors (Lipinski definition) is 2. The number of nitrogen functional groups attached to an aromatic ring is 1. The van der Waals surface area contributed by atoms with Gasteiger partial charge < -0.3 is 11.5 Å². The average Bonchev–Trinajstić information content (AvgIpc) is 2.33. The Morgan fingerprint density at radius 2 is 1.50 bits per heavy atom. The first-order valence-electron chi connectivity index (χ1n) is 5.14. The third-order valence-electron chi connectivity index (χ3n) is 2.41. The van der Waals surface area contributed by atoms with E-state index in [1.807, 2.05) is 60.7 Å². The van der Waals surface area contributed by atoms with Crippen LogP contribution in [0.3, 0.4) is 0 Å². The van der Waals surface area contributed by atoms with Crippen LogP contribution in [0.25, 0.3) is 11.8 Å². The Morgan fingerprint density at radius 1 is 0.875 bits per heavy atom. The van der Waals surface area contributed by atoms with Gasteiger partial charge in [-0.05, 0) is 23.3 Å². The maximum absolute atomic E-state index is 6.00. The zero-order chi connectivity index (χ0) is 11.4. The molecule has 0 aliphatic heterocycles. The maximum atomic E-state index is 6.00. The second-order valence-corrected chi connectivity index (χ2v) is 3.59. The largest absolute Gasteiger partial charge is 0.398 e. The summed E-state index contributed by atoms with van der Waals surface area (Å²) in [5.41, 5.74) is 15.3. The Bertz CT molecular complexity index is 501. The van der Waals surface area contributed by atoms with Crippen molar-refractivity contribution in [2.45, 2.75) is 0 Å². The number of hydrogen-bond acceptors (Lipinski definition) is 2. The smallest absolute Gasteiger partial charge is 0.0394 e. The summed E-state index contributed by atoms with van der Waals surface area (Å²) in [6.45, 7) is 0. The molecule has 0 bridgehead atoms. The zero-order valence-electron chi connectivity index (χ0n) is 8.93. The summed E-state index contributed by atoms with van der Waals surface area (Å²) in [4.78, 5) is 0. The minimum absolute atomic E-state index is 0.721. The second kappa shape index (κ2) is 4.53. The van der Waals surface area contributed by atoms with Crippen molar-refractivity contribution in [3.8, 4) is 0 Å². The fourth-order valence-electron chi connectivity index (χ4n) is 1.52. The van der Waals surface area contributed by atoms with Crippen LogP contribution in [0.2, 0.25) is 0 Å². The second-order valence-electron chi connectivity index (χ2n) is 3.59. The van der Waals surface area contributed by atoms with E-state index in [-0.39, 0.29) is 0 Å². The number of rotatable bonds is 2. The first-order valence-corrected chi connectivity index (χ1v) is 5.14. The van der Waals surface area contributed by atoms with Crippen LogP contribution in [0, 0.1) is 0 Å². The van der Waals surface area contributed by atoms with E-state index < -0.39 is 0 Å². The topological polar surface area (TPSA) is 52.0 Å². The molecule has 16 heavy (non-hydrogen) atoms. The molecule has 2 aromatic carbocycles. The fourth-order valence-corrected chi connectivity index (χ4v) is 1.52. The normalized spacial score (nSPS) is 11.4. The third kappa shape index (κ3) is 2.23. The van der Waals surface area contributed by atoms with E-state index in [0.29, 0.717) is 0 Å². The van der Waals surface area contributed by atoms with Gasteiger partial charge in [-0.15, -0.1) is 0 Å². The molecule has 80 valence electrons. The highest BCUT2D eigenvalue weighted by molar-refractivity contribution is 5.82. The number of benzene rings is 2. The lowest BCUT2D eigenvalue weighted by Gasteiger charge is -2.03. The lowest BCUT2D eigenvalue weighted by molar-refractivity contribution is 1.52. The van der Waals surface area contributed by atoms with E-state index in [1.165, 1.54) is 0 Å². The zero-order valence-corrected chi connectivity index (χ0v) is 8.93. The van der Waals surface area contributed by atoms with Crippen molar-refractivity contribution < 1.29 is 0 Å². The van der Waals surface area contributed by atoms with Crippen LogP contribution in [0.4, 0.5) is 5.69 Å². The first kappa shape index (κ1) is 10.3. The van der Waals surface area contributed by atoms with Crippen LogP contribution in [0.15, 0.2) is 54.6 Å². The molecular weight excluding hydrogens is 196 g/mol. The van der Waals surface area contributed by atoms with Crippen molar-refractivity contribution >= 4 is 17.5 Å². The van der Waals surface area contributed by atoms with Crippen LogP contribution in [-0.2, 0) is 0 Å². The molecule has 0 heterocycles. The predicted molar refractivity (Wildman–Crippen MR) is 69.4 cm³/mol. The van der Waals surface area contributed by atoms with Crippen molar-refractivity contribution in [1.29, 1.82) is 0 Å². The standard InChI is InChI=1S/C14H14N2/c15-13-9-5-4-8-12(13)10-14(16)11-6-2-1-3-7-11/h1-10H,15-16H2/b14-10-. The van der Waals surface area contributed by atoms with Crippen molar-refractivity contribution in [3.05, 3.63) is 65.7 Å². The number of nitrogens with two attached hydrogens (primary N) is 2. The summed E-state index contributed by atoms with van der Waals surface area (Å²) < 4.78 is 0.